The molecule has 1 fully saturated rings. The average Bonchev–Trinajstić information content (AvgIpc) is 3.19. The van der Waals surface area contributed by atoms with Gasteiger partial charge in [0.1, 0.15) is 11.5 Å². The number of amides is 1. The van der Waals surface area contributed by atoms with Gasteiger partial charge in [-0.2, -0.15) is 0 Å². The number of benzene rings is 1. The summed E-state index contributed by atoms with van der Waals surface area (Å²) < 4.78 is 11.2. The summed E-state index contributed by atoms with van der Waals surface area (Å²) in [5.74, 6) is 0.670. The predicted molar refractivity (Wildman–Crippen MR) is 109 cm³/mol. The van der Waals surface area contributed by atoms with E-state index in [9.17, 15) is 9.59 Å². The largest absolute Gasteiger partial charge is 0.460 e. The third kappa shape index (κ3) is 4.01. The Kier molecular flexibility index (Phi) is 5.34. The lowest BCUT2D eigenvalue weighted by Gasteiger charge is -2.29. The third-order valence-corrected chi connectivity index (χ3v) is 5.23. The zero-order valence-corrected chi connectivity index (χ0v) is 16.7. The third-order valence-electron chi connectivity index (χ3n) is 5.23. The Morgan fingerprint density at radius 2 is 1.86 bits per heavy atom. The number of esters is 1. The van der Waals surface area contributed by atoms with Gasteiger partial charge >= 0.3 is 5.97 Å². The lowest BCUT2D eigenvalue weighted by atomic mass is 10.1. The number of likely N-dealkylation sites (tertiary alicyclic amines) is 1. The van der Waals surface area contributed by atoms with E-state index in [1.54, 1.807) is 17.9 Å². The van der Waals surface area contributed by atoms with Crippen LogP contribution in [-0.2, 0) is 9.53 Å². The molecule has 3 aromatic rings. The number of carbonyl (C=O) groups is 2. The first-order chi connectivity index (χ1) is 14.0. The fourth-order valence-electron chi connectivity index (χ4n) is 3.69. The van der Waals surface area contributed by atoms with Crippen LogP contribution in [0.4, 0.5) is 0 Å². The van der Waals surface area contributed by atoms with Crippen LogP contribution in [0.2, 0.25) is 0 Å². The number of rotatable bonds is 4. The van der Waals surface area contributed by atoms with Crippen molar-refractivity contribution < 1.29 is 18.7 Å². The number of nitrogens with zero attached hydrogens (tertiary/aromatic N) is 2. The van der Waals surface area contributed by atoms with Gasteiger partial charge in [0, 0.05) is 18.5 Å². The molecular weight excluding hydrogens is 368 g/mol. The van der Waals surface area contributed by atoms with Crippen LogP contribution >= 0.6 is 0 Å². The molecule has 0 radical (unpaired) electrons. The Bertz CT molecular complexity index is 1050. The van der Waals surface area contributed by atoms with Crippen LogP contribution in [0.15, 0.2) is 46.9 Å². The lowest BCUT2D eigenvalue weighted by molar-refractivity contribution is -0.140. The second-order valence-electron chi connectivity index (χ2n) is 7.42. The first-order valence-corrected chi connectivity index (χ1v) is 9.99. The van der Waals surface area contributed by atoms with Crippen molar-refractivity contribution in [2.24, 2.45) is 0 Å². The number of furan rings is 1. The van der Waals surface area contributed by atoms with Gasteiger partial charge < -0.3 is 14.1 Å². The summed E-state index contributed by atoms with van der Waals surface area (Å²) in [5.41, 5.74) is 1.60. The van der Waals surface area contributed by atoms with E-state index in [2.05, 4.69) is 4.98 Å². The highest BCUT2D eigenvalue weighted by atomic mass is 16.5. The molecule has 4 rings (SSSR count). The molecule has 150 valence electrons. The minimum Gasteiger partial charge on any atom is -0.460 e. The second-order valence-corrected chi connectivity index (χ2v) is 7.42. The van der Waals surface area contributed by atoms with E-state index in [4.69, 9.17) is 9.15 Å². The highest BCUT2D eigenvalue weighted by Crippen LogP contribution is 2.27. The number of ether oxygens (including phenoxy) is 1. The van der Waals surface area contributed by atoms with Crippen LogP contribution < -0.4 is 0 Å². The first kappa shape index (κ1) is 19.2. The van der Waals surface area contributed by atoms with E-state index in [0.29, 0.717) is 27.9 Å². The van der Waals surface area contributed by atoms with Crippen molar-refractivity contribution in [3.63, 3.8) is 0 Å². The summed E-state index contributed by atoms with van der Waals surface area (Å²) in [6, 6.07) is 12.7. The smallest absolute Gasteiger partial charge is 0.339 e. The Hall–Kier alpha value is -3.15. The van der Waals surface area contributed by atoms with Gasteiger partial charge in [0.15, 0.2) is 11.9 Å². The molecule has 29 heavy (non-hydrogen) atoms. The molecule has 0 aliphatic carbocycles. The van der Waals surface area contributed by atoms with Crippen LogP contribution in [0.25, 0.3) is 22.4 Å². The number of pyridine rings is 1. The van der Waals surface area contributed by atoms with Gasteiger partial charge in [-0.05, 0) is 57.4 Å². The molecule has 0 N–H and O–H groups in total. The van der Waals surface area contributed by atoms with Crippen LogP contribution in [0.1, 0.15) is 42.3 Å². The topological polar surface area (TPSA) is 72.6 Å². The Labute approximate surface area is 169 Å². The van der Waals surface area contributed by atoms with Crippen molar-refractivity contribution >= 4 is 22.8 Å². The maximum atomic E-state index is 13.0. The Morgan fingerprint density at radius 1 is 1.10 bits per heavy atom. The molecule has 1 atom stereocenters. The summed E-state index contributed by atoms with van der Waals surface area (Å²) in [6.07, 6.45) is 2.29. The summed E-state index contributed by atoms with van der Waals surface area (Å²) in [6.45, 7) is 4.93. The van der Waals surface area contributed by atoms with E-state index in [0.717, 1.165) is 38.1 Å². The number of hydrogen-bond donors (Lipinski definition) is 0. The Morgan fingerprint density at radius 3 is 2.59 bits per heavy atom. The molecule has 6 nitrogen and oxygen atoms in total. The van der Waals surface area contributed by atoms with Gasteiger partial charge in [-0.25, -0.2) is 9.78 Å². The van der Waals surface area contributed by atoms with Crippen LogP contribution in [0, 0.1) is 6.92 Å². The highest BCUT2D eigenvalue weighted by Gasteiger charge is 2.26. The normalized spacial score (nSPS) is 15.3. The second kappa shape index (κ2) is 8.07. The quantitative estimate of drug-likeness (QED) is 0.617. The summed E-state index contributed by atoms with van der Waals surface area (Å²) in [5, 5.41) is 0.683. The van der Waals surface area contributed by atoms with Gasteiger partial charge in [0.25, 0.3) is 5.91 Å². The minimum atomic E-state index is -0.832. The molecule has 6 heteroatoms. The van der Waals surface area contributed by atoms with Gasteiger partial charge in [0.05, 0.1) is 11.1 Å². The van der Waals surface area contributed by atoms with E-state index >= 15 is 0 Å². The number of aromatic nitrogens is 1. The molecule has 0 unspecified atom stereocenters. The summed E-state index contributed by atoms with van der Waals surface area (Å²) in [7, 11) is 0. The van der Waals surface area contributed by atoms with Crippen LogP contribution in [-0.4, -0.2) is 41.0 Å². The van der Waals surface area contributed by atoms with Crippen molar-refractivity contribution in [3.05, 3.63) is 53.8 Å². The Balaban J connectivity index is 1.63. The number of piperidine rings is 1. The van der Waals surface area contributed by atoms with Crippen molar-refractivity contribution in [1.82, 2.24) is 9.88 Å². The molecule has 1 aliphatic heterocycles. The number of carbonyl (C=O) groups excluding carboxylic acids is 2. The fourth-order valence-corrected chi connectivity index (χ4v) is 3.69. The molecule has 0 saturated carbocycles. The molecule has 0 spiro atoms. The number of hydrogen-bond acceptors (Lipinski definition) is 5. The molecule has 1 aromatic carbocycles. The zero-order chi connectivity index (χ0) is 20.4. The van der Waals surface area contributed by atoms with E-state index < -0.39 is 12.1 Å². The SMILES string of the molecule is Cc1ccc(-c2cc(C(=O)O[C@H](C)C(=O)N3CCCCC3)c3ccccc3n2)o1. The van der Waals surface area contributed by atoms with E-state index in [1.807, 2.05) is 43.3 Å². The van der Waals surface area contributed by atoms with Gasteiger partial charge in [0.2, 0.25) is 0 Å². The minimum absolute atomic E-state index is 0.140. The fraction of sp³-hybridized carbons (Fsp3) is 0.348. The van der Waals surface area contributed by atoms with E-state index in [1.165, 1.54) is 0 Å². The summed E-state index contributed by atoms with van der Waals surface area (Å²) >= 11 is 0. The molecule has 1 amide bonds. The molecule has 3 heterocycles. The molecule has 2 aromatic heterocycles. The lowest BCUT2D eigenvalue weighted by Crippen LogP contribution is -2.42. The maximum absolute atomic E-state index is 13.0. The predicted octanol–water partition coefficient (Wildman–Crippen LogP) is 4.36. The summed E-state index contributed by atoms with van der Waals surface area (Å²) in [4.78, 5) is 32.0. The van der Waals surface area contributed by atoms with Crippen molar-refractivity contribution in [1.29, 1.82) is 0 Å². The molecular formula is C23H24N2O4. The van der Waals surface area contributed by atoms with Crippen molar-refractivity contribution in [2.45, 2.75) is 39.2 Å². The highest BCUT2D eigenvalue weighted by molar-refractivity contribution is 6.05. The van der Waals surface area contributed by atoms with Gasteiger partial charge in [-0.3, -0.25) is 4.79 Å². The molecule has 1 saturated heterocycles. The molecule has 0 bridgehead atoms. The number of aryl methyl sites for hydroxylation is 1. The monoisotopic (exact) mass is 392 g/mol. The van der Waals surface area contributed by atoms with Crippen LogP contribution in [0.5, 0.6) is 0 Å². The number of para-hydroxylation sites is 1. The number of fused-ring (bicyclic) bond motifs is 1. The van der Waals surface area contributed by atoms with Gasteiger partial charge in [-0.15, -0.1) is 0 Å². The zero-order valence-electron chi connectivity index (χ0n) is 16.7. The van der Waals surface area contributed by atoms with Crippen LogP contribution in [0.3, 0.4) is 0 Å². The maximum Gasteiger partial charge on any atom is 0.339 e. The van der Waals surface area contributed by atoms with Crippen molar-refractivity contribution in [2.75, 3.05) is 13.1 Å². The average molecular weight is 392 g/mol. The standard InChI is InChI=1S/C23H24N2O4/c1-15-10-11-21(28-15)20-14-18(17-8-4-5-9-19(17)24-20)23(27)29-16(2)22(26)25-12-6-3-7-13-25/h4-5,8-11,14,16H,3,6-7,12-13H2,1-2H3/t16-/m1/s1. The first-order valence-electron chi connectivity index (χ1n) is 9.99. The van der Waals surface area contributed by atoms with Gasteiger partial charge in [-0.1, -0.05) is 18.2 Å². The van der Waals surface area contributed by atoms with E-state index in [-0.39, 0.29) is 5.91 Å². The van der Waals surface area contributed by atoms with Crippen molar-refractivity contribution in [3.8, 4) is 11.5 Å². The molecule has 1 aliphatic rings.